The normalized spacial score (nSPS) is 18.3. The van der Waals surface area contributed by atoms with Crippen molar-refractivity contribution in [2.75, 3.05) is 49.1 Å². The Labute approximate surface area is 416 Å². The molecule has 73 heavy (non-hydrogen) atoms. The number of carbonyl (C=O) groups excluding carboxylic acids is 4. The molecule has 0 fully saturated rings. The molecular weight excluding hydrogens is 955 g/mol. The summed E-state index contributed by atoms with van der Waals surface area (Å²) in [6.45, 7) is 4.95. The molecule has 6 amide bonds. The molecule has 0 unspecified atom stereocenters. The number of carbonyl (C=O) groups is 4. The van der Waals surface area contributed by atoms with E-state index in [1.807, 2.05) is 15.5 Å². The van der Waals surface area contributed by atoms with E-state index in [-0.39, 0.29) is 85.0 Å². The Morgan fingerprint density at radius 1 is 0.603 bits per heavy atom. The summed E-state index contributed by atoms with van der Waals surface area (Å²) in [5.41, 5.74) is 0.878. The van der Waals surface area contributed by atoms with Crippen molar-refractivity contribution in [3.05, 3.63) is 172 Å². The lowest BCUT2D eigenvalue weighted by Crippen LogP contribution is -2.51. The van der Waals surface area contributed by atoms with Crippen molar-refractivity contribution in [3.8, 4) is 12.1 Å². The molecule has 14 nitrogen and oxygen atoms in total. The number of anilines is 2. The molecule has 1 aromatic heterocycles. The first-order chi connectivity index (χ1) is 34.9. The van der Waals surface area contributed by atoms with Crippen LogP contribution in [-0.2, 0) is 35.0 Å². The summed E-state index contributed by atoms with van der Waals surface area (Å²) in [5, 5.41) is 19.1. The molecule has 0 saturated heterocycles. The summed E-state index contributed by atoms with van der Waals surface area (Å²) >= 11 is 0. The molecule has 4 aliphatic rings. The van der Waals surface area contributed by atoms with Gasteiger partial charge in [-0.25, -0.2) is 18.7 Å². The molecule has 0 N–H and O–H groups in total. The average molecular weight is 1000 g/mol. The summed E-state index contributed by atoms with van der Waals surface area (Å²) < 4.78 is 87.8. The Kier molecular flexibility index (Phi) is 13.4. The predicted octanol–water partition coefficient (Wildman–Crippen LogP) is 8.94. The first kappa shape index (κ1) is 49.6. The van der Waals surface area contributed by atoms with Crippen LogP contribution in [-0.4, -0.2) is 87.3 Å². The summed E-state index contributed by atoms with van der Waals surface area (Å²) in [4.78, 5) is 66.3. The number of halogens is 6. The topological polar surface area (TPSA) is 144 Å². The van der Waals surface area contributed by atoms with Crippen molar-refractivity contribution >= 4 is 35.3 Å². The number of hydrogen-bond donors (Lipinski definition) is 0. The number of urea groups is 2. The molecule has 0 aliphatic carbocycles. The van der Waals surface area contributed by atoms with Gasteiger partial charge in [-0.15, -0.1) is 0 Å². The lowest BCUT2D eigenvalue weighted by atomic mass is 9.92. The first-order valence-electron chi connectivity index (χ1n) is 23.6. The molecule has 9 rings (SSSR count). The fourth-order valence-corrected chi connectivity index (χ4v) is 10.1. The van der Waals surface area contributed by atoms with Crippen LogP contribution in [0.5, 0.6) is 0 Å². The molecule has 5 heterocycles. The third-order valence-electron chi connectivity index (χ3n) is 13.6. The number of likely N-dealkylation sites (N-methyl/N-ethyl adjacent to an activating group) is 2. The van der Waals surface area contributed by atoms with E-state index in [1.165, 1.54) is 53.7 Å². The minimum absolute atomic E-state index is 0.00121. The number of imidazole rings is 1. The van der Waals surface area contributed by atoms with Crippen LogP contribution in [0.4, 0.5) is 47.3 Å². The number of hydrogen-bond acceptors (Lipinski definition) is 6. The number of amides is 6. The number of rotatable bonds is 14. The van der Waals surface area contributed by atoms with Crippen LogP contribution in [0, 0.1) is 22.7 Å². The van der Waals surface area contributed by atoms with E-state index < -0.39 is 47.6 Å². The maximum absolute atomic E-state index is 14.8. The number of aromatic nitrogens is 2. The zero-order chi connectivity index (χ0) is 51.9. The molecule has 0 saturated carbocycles. The second-order valence-electron chi connectivity index (χ2n) is 17.9. The highest BCUT2D eigenvalue weighted by molar-refractivity contribution is 6.08. The van der Waals surface area contributed by atoms with E-state index in [2.05, 4.69) is 12.1 Å². The lowest BCUT2D eigenvalue weighted by Gasteiger charge is -2.41. The van der Waals surface area contributed by atoms with E-state index in [0.717, 1.165) is 24.3 Å². The van der Waals surface area contributed by atoms with Gasteiger partial charge in [0.15, 0.2) is 0 Å². The third-order valence-corrected chi connectivity index (χ3v) is 13.6. The maximum Gasteiger partial charge on any atom is 0.416 e. The first-order valence-corrected chi connectivity index (χ1v) is 23.6. The molecule has 0 spiro atoms. The van der Waals surface area contributed by atoms with Crippen LogP contribution in [0.15, 0.2) is 138 Å². The second kappa shape index (κ2) is 19.7. The molecule has 4 aliphatic heterocycles. The van der Waals surface area contributed by atoms with Crippen molar-refractivity contribution in [2.45, 2.75) is 64.2 Å². The number of aryl methyl sites for hydroxylation is 2. The van der Waals surface area contributed by atoms with Gasteiger partial charge < -0.3 is 19.6 Å². The number of nitriles is 2. The Bertz CT molecular complexity index is 2940. The average Bonchev–Trinajstić information content (AvgIpc) is 4.08. The van der Waals surface area contributed by atoms with Crippen molar-refractivity contribution in [3.63, 3.8) is 0 Å². The number of nitrogens with zero attached hydrogens (tertiary/aromatic N) is 10. The summed E-state index contributed by atoms with van der Waals surface area (Å²) in [6, 6.07) is 22.9. The van der Waals surface area contributed by atoms with Gasteiger partial charge >= 0.3 is 24.4 Å². The van der Waals surface area contributed by atoms with E-state index in [9.17, 15) is 56.0 Å². The molecule has 0 bridgehead atoms. The van der Waals surface area contributed by atoms with E-state index in [1.54, 1.807) is 74.8 Å². The quantitative estimate of drug-likeness (QED) is 0.0803. The predicted molar refractivity (Wildman–Crippen MR) is 252 cm³/mol. The largest absolute Gasteiger partial charge is 0.416 e. The fraction of sp³-hybridized carbons (Fsp3) is 0.302. The van der Waals surface area contributed by atoms with Gasteiger partial charge in [-0.1, -0.05) is 36.4 Å². The molecule has 374 valence electrons. The van der Waals surface area contributed by atoms with Crippen molar-refractivity contribution in [1.82, 2.24) is 24.2 Å². The van der Waals surface area contributed by atoms with Crippen LogP contribution in [0.25, 0.3) is 0 Å². The van der Waals surface area contributed by atoms with Gasteiger partial charge in [0.25, 0.3) is 11.8 Å². The van der Waals surface area contributed by atoms with Gasteiger partial charge in [0, 0.05) is 39.0 Å². The van der Waals surface area contributed by atoms with Crippen LogP contribution in [0.1, 0.15) is 72.2 Å². The molecule has 0 radical (unpaired) electrons. The standard InChI is InChI=1S/C53H47F6N10O4/c1-3-64-31-42-44(48(64)70)46(36-17-13-34(29-60)14-18-36)66(50(72)68(42)40-11-5-9-38(27-40)52(54,55)56)23-7-21-62-25-26-63(33-62)22-8-24-67-47(37-19-15-35(30-61)16-20-37)45-43(32-65(4-2)49(45)71)69(51(67)73)41-12-6-10-39(28-41)53(57,58)59/h5-6,9-20,25-28,33,46-47H,3-4,7-8,21-24,31-32H2,1-2H3/q+1/t46-,47-/m1/s1. The van der Waals surface area contributed by atoms with Crippen LogP contribution in [0.2, 0.25) is 0 Å². The monoisotopic (exact) mass is 1000 g/mol. The van der Waals surface area contributed by atoms with E-state index in [0.29, 0.717) is 48.2 Å². The van der Waals surface area contributed by atoms with Crippen molar-refractivity contribution in [1.29, 1.82) is 10.5 Å². The molecule has 4 aromatic carbocycles. The summed E-state index contributed by atoms with van der Waals surface area (Å²) in [6.07, 6.45) is -3.31. The van der Waals surface area contributed by atoms with Gasteiger partial charge in [0.1, 0.15) is 12.4 Å². The van der Waals surface area contributed by atoms with E-state index >= 15 is 0 Å². The zero-order valence-corrected chi connectivity index (χ0v) is 39.6. The Hall–Kier alpha value is -8.39. The molecule has 5 aromatic rings. The van der Waals surface area contributed by atoms with Crippen molar-refractivity contribution < 1.29 is 50.1 Å². The number of benzene rings is 4. The minimum atomic E-state index is -4.70. The van der Waals surface area contributed by atoms with Gasteiger partial charge in [-0.3, -0.25) is 19.4 Å². The highest BCUT2D eigenvalue weighted by atomic mass is 19.4. The SMILES string of the molecule is CCN1CC2=C(C1=O)[C@@H](c1ccc(C#N)cc1)N(CCCn1cc[n+](CCCN3C(=O)N(c4cccc(C(F)(F)F)c4)C4=C(C(=O)N(CC)C4)[C@H]3c3ccc(C#N)cc3)c1)C(=O)N2c1cccc(C(F)(F)F)c1. The third kappa shape index (κ3) is 9.36. The van der Waals surface area contributed by atoms with Gasteiger partial charge in [0.2, 0.25) is 6.33 Å². The molecular formula is C53H47F6N10O4+. The number of alkyl halides is 6. The van der Waals surface area contributed by atoms with Crippen molar-refractivity contribution in [2.24, 2.45) is 0 Å². The highest BCUT2D eigenvalue weighted by Crippen LogP contribution is 2.46. The Balaban J connectivity index is 0.964. The zero-order valence-electron chi connectivity index (χ0n) is 39.6. The van der Waals surface area contributed by atoms with Gasteiger partial charge in [0.05, 0.1) is 107 Å². The highest BCUT2D eigenvalue weighted by Gasteiger charge is 2.50. The second-order valence-corrected chi connectivity index (χ2v) is 17.9. The Morgan fingerprint density at radius 2 is 1.04 bits per heavy atom. The van der Waals surface area contributed by atoms with Crippen LogP contribution >= 0.6 is 0 Å². The summed E-state index contributed by atoms with van der Waals surface area (Å²) in [5.74, 6) is -0.721. The molecule has 2 atom stereocenters. The fourth-order valence-electron chi connectivity index (χ4n) is 10.1. The van der Waals surface area contributed by atoms with Gasteiger partial charge in [-0.2, -0.15) is 36.9 Å². The lowest BCUT2D eigenvalue weighted by molar-refractivity contribution is -0.696. The molecule has 20 heteroatoms. The summed E-state index contributed by atoms with van der Waals surface area (Å²) in [7, 11) is 0. The smallest absolute Gasteiger partial charge is 0.333 e. The Morgan fingerprint density at radius 3 is 1.45 bits per heavy atom. The van der Waals surface area contributed by atoms with Gasteiger partial charge in [-0.05, 0) is 85.6 Å². The minimum Gasteiger partial charge on any atom is -0.333 e. The van der Waals surface area contributed by atoms with Crippen LogP contribution in [0.3, 0.4) is 0 Å². The van der Waals surface area contributed by atoms with Crippen LogP contribution < -0.4 is 14.4 Å². The maximum atomic E-state index is 14.8. The van der Waals surface area contributed by atoms with E-state index in [4.69, 9.17) is 0 Å².